The van der Waals surface area contributed by atoms with Gasteiger partial charge in [0.1, 0.15) is 23.8 Å². The first-order valence-electron chi connectivity index (χ1n) is 25.6. The largest absolute Gasteiger partial charge is 0.358 e. The Morgan fingerprint density at radius 2 is 1.28 bits per heavy atom. The minimum atomic E-state index is -0.537. The van der Waals surface area contributed by atoms with E-state index in [1.165, 1.54) is 36.7 Å². The third-order valence-electron chi connectivity index (χ3n) is 13.0. The Labute approximate surface area is 532 Å². The number of benzene rings is 6. The minimum Gasteiger partial charge on any atom is -0.358 e. The van der Waals surface area contributed by atoms with Gasteiger partial charge in [-0.1, -0.05) is 69.6 Å². The van der Waals surface area contributed by atoms with Crippen LogP contribution in [-0.4, -0.2) is 40.1 Å². The standard InChI is InChI=1S/C28H17Cl2FN6S.C27H15Cl2FN4S.C6H11N3O2.CH3.Cu.H/c29-21-11-18(2-3-23(21)31)36-27-17(12-32)13-33-28-20(27)8-15(9-22(28)30)7-19(24-5-6-35-37-24)16-1-4-25-26(10-16)38-14-34-25;1-2-16(17-3-6-24-25(10-17)35-14-33-24)7-15-8-20-26(34-19-4-5-23(30)21(28)11-19)18(12-31)13-32-27(20)22(29)9-15;1-6(2,3)5(10)11-4-8-9-7;;;/h1-5,8-11,13-14,19H,6-7H2,(H,33,36);1,3-6,8-11,13-14,16H,7H2,(H,32,34);4H2,1-3H3;1H3;;/q;;;-1;+1;/t19-;16-;;;;/m00..../s1/i;;;;;1+2. The number of allylic oxidation sites excluding steroid dienone is 1. The van der Waals surface area contributed by atoms with Crippen LogP contribution in [0.25, 0.3) is 52.7 Å². The molecule has 0 saturated heterocycles. The number of anilines is 4. The van der Waals surface area contributed by atoms with Crippen LogP contribution < -0.4 is 10.6 Å². The van der Waals surface area contributed by atoms with Crippen molar-refractivity contribution in [3.05, 3.63) is 215 Å². The van der Waals surface area contributed by atoms with Crippen LogP contribution >= 0.6 is 69.1 Å². The summed E-state index contributed by atoms with van der Waals surface area (Å²) in [5.41, 5.74) is 21.5. The predicted molar refractivity (Wildman–Crippen MR) is 338 cm³/mol. The fraction of sp³-hybridized carbons (Fsp3) is 0.161. The molecule has 1 aliphatic heterocycles. The van der Waals surface area contributed by atoms with Crippen molar-refractivity contribution in [3.63, 3.8) is 0 Å². The quantitative estimate of drug-likeness (QED) is 0.0211. The number of esters is 1. The molecule has 86 heavy (non-hydrogen) atoms. The van der Waals surface area contributed by atoms with Crippen LogP contribution in [0, 0.1) is 59.5 Å². The fourth-order valence-electron chi connectivity index (χ4n) is 8.90. The van der Waals surface area contributed by atoms with Gasteiger partial charge in [-0.3, -0.25) is 14.8 Å². The van der Waals surface area contributed by atoms with Crippen molar-refractivity contribution in [1.29, 1.82) is 11.5 Å². The summed E-state index contributed by atoms with van der Waals surface area (Å²) in [5, 5.41) is 39.8. The van der Waals surface area contributed by atoms with Crippen molar-refractivity contribution in [2.24, 2.45) is 20.8 Å². The molecule has 0 spiro atoms. The number of carbonyl (C=O) groups is 1. The average Bonchev–Trinajstić information content (AvgIpc) is 3.97. The molecule has 24 heteroatoms. The van der Waals surface area contributed by atoms with E-state index in [-0.39, 0.29) is 42.0 Å². The third kappa shape index (κ3) is 15.4. The summed E-state index contributed by atoms with van der Waals surface area (Å²) in [4.78, 5) is 30.9. The number of thiazole rings is 2. The number of azo groups is 1. The topological polar surface area (TPSA) is 223 Å². The summed E-state index contributed by atoms with van der Waals surface area (Å²) >= 11 is 31.9. The second-order valence-corrected chi connectivity index (χ2v) is 23.1. The molecule has 0 saturated carbocycles. The van der Waals surface area contributed by atoms with Gasteiger partial charge in [-0.2, -0.15) is 20.8 Å². The number of hydrogen-bond acceptors (Lipinski definition) is 15. The number of nitrogens with zero attached hydrogens (tertiary/aromatic N) is 11. The van der Waals surface area contributed by atoms with Gasteiger partial charge in [0.15, 0.2) is 6.73 Å². The first-order chi connectivity index (χ1) is 41.4. The molecule has 1 aliphatic rings. The zero-order valence-electron chi connectivity index (χ0n) is 46.8. The monoisotopic (exact) mass is 1310 g/mol. The summed E-state index contributed by atoms with van der Waals surface area (Å²) in [6.07, 6.45) is 12.0. The number of aromatic nitrogens is 4. The Morgan fingerprint density at radius 3 is 1.74 bits per heavy atom. The molecule has 2 N–H and O–H groups in total. The first-order valence-corrected chi connectivity index (χ1v) is 28.6. The maximum absolute atomic E-state index is 13.7. The molecule has 0 bridgehead atoms. The second-order valence-electron chi connectivity index (χ2n) is 19.7. The molecule has 0 amide bonds. The molecule has 15 nitrogen and oxygen atoms in total. The third-order valence-corrected chi connectivity index (χ3v) is 15.8. The van der Waals surface area contributed by atoms with Gasteiger partial charge in [-0.05, 0) is 152 Å². The number of pyridine rings is 2. The van der Waals surface area contributed by atoms with Crippen molar-refractivity contribution >= 4 is 140 Å². The van der Waals surface area contributed by atoms with Gasteiger partial charge in [0, 0.05) is 51.3 Å². The number of carbonyl (C=O) groups excluding carboxylic acids is 1. The number of halogens is 6. The normalized spacial score (nSPS) is 12.2. The number of fused-ring (bicyclic) bond motifs is 4. The van der Waals surface area contributed by atoms with E-state index in [1.54, 1.807) is 55.6 Å². The van der Waals surface area contributed by atoms with E-state index < -0.39 is 17.0 Å². The number of nitrogens with one attached hydrogen (secondary N) is 2. The Balaban J connectivity index is 0.000000206. The van der Waals surface area contributed by atoms with E-state index in [0.29, 0.717) is 85.1 Å². The molecule has 2 atom stereocenters. The van der Waals surface area contributed by atoms with Crippen LogP contribution in [0.2, 0.25) is 20.1 Å². The molecule has 11 rings (SSSR count). The SMILES string of the molecule is C#C[C@@H](Cc1cc(Cl)c2ncc(C#N)c(Nc3ccc(F)c(Cl)c3)c2c1)c1ccc2ncsc2c1.CC(C)(C)C(=O)OCN=[N+]=[N-].N#Cc1cnc2c(Cl)cc(C[C@H](C3=CCN=N3)c3ccc4ncsc4c3)cc2c1Nc1ccc(F)c(Cl)c1.[3H][Cu+].[CH3-]. The van der Waals surface area contributed by atoms with E-state index in [9.17, 15) is 24.1 Å². The molecule has 0 fully saturated rings. The molecule has 4 aromatic heterocycles. The van der Waals surface area contributed by atoms with Gasteiger partial charge >= 0.3 is 23.9 Å². The minimum absolute atomic E-state index is 0. The number of azide groups is 1. The predicted octanol–water partition coefficient (Wildman–Crippen LogP) is 18.5. The number of ether oxygens (including phenoxy) is 1. The average molecular weight is 1320 g/mol. The van der Waals surface area contributed by atoms with Crippen LogP contribution in [0.1, 0.15) is 66.0 Å². The molecular formula is C62H47Cl4CuF2N13O2S2. The molecular weight excluding hydrogens is 1270 g/mol. The van der Waals surface area contributed by atoms with Crippen LogP contribution in [0.5, 0.6) is 0 Å². The van der Waals surface area contributed by atoms with E-state index in [2.05, 4.69) is 109 Å². The zero-order valence-corrected chi connectivity index (χ0v) is 51.4. The van der Waals surface area contributed by atoms with Crippen molar-refractivity contribution in [2.45, 2.75) is 45.4 Å². The Kier molecular flexibility index (Phi) is 21.6. The van der Waals surface area contributed by atoms with Gasteiger partial charge in [-0.15, -0.1) is 29.1 Å². The summed E-state index contributed by atoms with van der Waals surface area (Å²) in [5.74, 6) is 1.22. The first kappa shape index (κ1) is 63.7. The van der Waals surface area contributed by atoms with E-state index in [4.69, 9.17) is 59.3 Å². The van der Waals surface area contributed by atoms with Gasteiger partial charge in [-0.25, -0.2) is 18.7 Å². The van der Waals surface area contributed by atoms with Crippen LogP contribution in [0.3, 0.4) is 0 Å². The second kappa shape index (κ2) is 29.2. The van der Waals surface area contributed by atoms with E-state index in [0.717, 1.165) is 48.4 Å². The van der Waals surface area contributed by atoms with Crippen molar-refractivity contribution in [3.8, 4) is 24.5 Å². The van der Waals surface area contributed by atoms with E-state index >= 15 is 0 Å². The maximum atomic E-state index is 13.7. The molecule has 5 heterocycles. The summed E-state index contributed by atoms with van der Waals surface area (Å²) in [6, 6.07) is 32.8. The number of hydrogen-bond donors (Lipinski definition) is 2. The van der Waals surface area contributed by atoms with Crippen molar-refractivity contribution in [2.75, 3.05) is 23.9 Å². The van der Waals surface area contributed by atoms with Crippen LogP contribution in [0.4, 0.5) is 31.5 Å². The Bertz CT molecular complexity index is 4460. The molecule has 0 unspecified atom stereocenters. The van der Waals surface area contributed by atoms with Crippen molar-refractivity contribution in [1.82, 2.24) is 19.9 Å². The Morgan fingerprint density at radius 1 is 0.767 bits per heavy atom. The van der Waals surface area contributed by atoms with Gasteiger partial charge < -0.3 is 22.8 Å². The zero-order chi connectivity index (χ0) is 61.7. The van der Waals surface area contributed by atoms with Crippen LogP contribution in [-0.2, 0) is 39.3 Å². The molecule has 0 radical (unpaired) electrons. The Hall–Kier alpha value is -8.28. The number of rotatable bonds is 13. The van der Waals surface area contributed by atoms with Crippen molar-refractivity contribution < 1.29 is 35.2 Å². The smallest absolute Gasteiger partial charge is 0.358 e. The van der Waals surface area contributed by atoms with Gasteiger partial charge in [0.25, 0.3) is 0 Å². The van der Waals surface area contributed by atoms with Gasteiger partial charge in [0.05, 0.1) is 103 Å². The molecule has 0 aliphatic carbocycles. The summed E-state index contributed by atoms with van der Waals surface area (Å²) < 4.78 is 39.5. The van der Waals surface area contributed by atoms with Gasteiger partial charge in [0.2, 0.25) is 0 Å². The number of nitriles is 2. The van der Waals surface area contributed by atoms with E-state index in [1.807, 2.05) is 59.6 Å². The fourth-order valence-corrected chi connectivity index (χ4v) is 11.3. The number of terminal acetylenes is 1. The summed E-state index contributed by atoms with van der Waals surface area (Å²) in [7, 11) is 0. The molecule has 6 aromatic carbocycles. The molecule has 10 aromatic rings. The maximum Gasteiger partial charge on any atom is -0.358 e. The summed E-state index contributed by atoms with van der Waals surface area (Å²) in [6.45, 7) is 5.51. The van der Waals surface area contributed by atoms with Crippen LogP contribution in [0.15, 0.2) is 148 Å². The molecule has 437 valence electrons.